The second-order valence-corrected chi connectivity index (χ2v) is 6.58. The van der Waals surface area contributed by atoms with E-state index in [1.54, 1.807) is 0 Å². The van der Waals surface area contributed by atoms with Crippen molar-refractivity contribution in [2.45, 2.75) is 13.5 Å². The predicted octanol–water partition coefficient (Wildman–Crippen LogP) is 5.63. The van der Waals surface area contributed by atoms with Gasteiger partial charge in [-0.15, -0.1) is 0 Å². The van der Waals surface area contributed by atoms with Gasteiger partial charge in [-0.05, 0) is 36.2 Å². The normalized spacial score (nSPS) is 10.7. The fourth-order valence-electron chi connectivity index (χ4n) is 3.32. The monoisotopic (exact) mass is 352 g/mol. The van der Waals surface area contributed by atoms with Gasteiger partial charge in [-0.25, -0.2) is 0 Å². The summed E-state index contributed by atoms with van der Waals surface area (Å²) >= 11 is 0. The van der Waals surface area contributed by atoms with Crippen molar-refractivity contribution < 1.29 is 4.79 Å². The third-order valence-corrected chi connectivity index (χ3v) is 4.84. The molecule has 0 atom stereocenters. The number of aryl methyl sites for hydroxylation is 1. The molecule has 132 valence electrons. The zero-order chi connectivity index (χ0) is 18.6. The lowest BCUT2D eigenvalue weighted by molar-refractivity contribution is 0.112. The number of benzene rings is 3. The van der Waals surface area contributed by atoms with Crippen molar-refractivity contribution in [2.75, 3.05) is 5.32 Å². The highest BCUT2D eigenvalue weighted by Crippen LogP contribution is 2.27. The molecule has 1 aromatic heterocycles. The number of nitrogens with one attached hydrogen (secondary N) is 1. The molecule has 0 aliphatic heterocycles. The lowest BCUT2D eigenvalue weighted by Gasteiger charge is -2.14. The van der Waals surface area contributed by atoms with Gasteiger partial charge in [-0.2, -0.15) is 0 Å². The zero-order valence-electron chi connectivity index (χ0n) is 15.1. The minimum absolute atomic E-state index is 0.617. The number of aromatic nitrogens is 1. The standard InChI is InChI=1S/C24H20N2O/c1-17-11-12-19-13-21(18-7-3-2-4-8-18)14-26-24(19)22(17)15-25-23-10-6-5-9-20(23)16-27/h2-14,16,25H,15H2,1H3. The van der Waals surface area contributed by atoms with Crippen molar-refractivity contribution in [2.24, 2.45) is 0 Å². The molecule has 3 nitrogen and oxygen atoms in total. The molecule has 1 N–H and O–H groups in total. The Morgan fingerprint density at radius 1 is 0.926 bits per heavy atom. The summed E-state index contributed by atoms with van der Waals surface area (Å²) < 4.78 is 0. The molecule has 0 aliphatic carbocycles. The maximum absolute atomic E-state index is 11.2. The van der Waals surface area contributed by atoms with Crippen LogP contribution in [0.25, 0.3) is 22.0 Å². The van der Waals surface area contributed by atoms with Crippen LogP contribution in [0.15, 0.2) is 79.0 Å². The highest BCUT2D eigenvalue weighted by atomic mass is 16.1. The van der Waals surface area contributed by atoms with E-state index in [0.717, 1.165) is 39.6 Å². The topological polar surface area (TPSA) is 42.0 Å². The van der Waals surface area contributed by atoms with E-state index < -0.39 is 0 Å². The molecular weight excluding hydrogens is 332 g/mol. The second-order valence-electron chi connectivity index (χ2n) is 6.58. The lowest BCUT2D eigenvalue weighted by Crippen LogP contribution is -2.05. The average Bonchev–Trinajstić information content (AvgIpc) is 2.73. The highest BCUT2D eigenvalue weighted by Gasteiger charge is 2.09. The van der Waals surface area contributed by atoms with E-state index >= 15 is 0 Å². The number of hydrogen-bond acceptors (Lipinski definition) is 3. The summed E-state index contributed by atoms with van der Waals surface area (Å²) in [6.07, 6.45) is 2.81. The highest BCUT2D eigenvalue weighted by molar-refractivity contribution is 5.88. The first kappa shape index (κ1) is 17.0. The Balaban J connectivity index is 1.70. The molecule has 0 fully saturated rings. The van der Waals surface area contributed by atoms with Gasteiger partial charge in [0.05, 0.1) is 5.52 Å². The zero-order valence-corrected chi connectivity index (χ0v) is 15.1. The third-order valence-electron chi connectivity index (χ3n) is 4.84. The smallest absolute Gasteiger partial charge is 0.152 e. The molecule has 0 saturated carbocycles. The summed E-state index contributed by atoms with van der Waals surface area (Å²) in [7, 11) is 0. The van der Waals surface area contributed by atoms with Crippen molar-refractivity contribution in [1.29, 1.82) is 0 Å². The van der Waals surface area contributed by atoms with Gasteiger partial charge in [0.15, 0.2) is 6.29 Å². The van der Waals surface area contributed by atoms with Gasteiger partial charge in [0.25, 0.3) is 0 Å². The van der Waals surface area contributed by atoms with Gasteiger partial charge in [0.1, 0.15) is 0 Å². The molecule has 0 amide bonds. The number of fused-ring (bicyclic) bond motifs is 1. The van der Waals surface area contributed by atoms with E-state index in [1.807, 2.05) is 48.7 Å². The van der Waals surface area contributed by atoms with Gasteiger partial charge in [0, 0.05) is 40.5 Å². The van der Waals surface area contributed by atoms with Gasteiger partial charge in [-0.1, -0.05) is 54.6 Å². The summed E-state index contributed by atoms with van der Waals surface area (Å²) in [4.78, 5) is 16.0. The Morgan fingerprint density at radius 3 is 2.52 bits per heavy atom. The SMILES string of the molecule is Cc1ccc2cc(-c3ccccc3)cnc2c1CNc1ccccc1C=O. The minimum atomic E-state index is 0.617. The van der Waals surface area contributed by atoms with E-state index in [0.29, 0.717) is 12.1 Å². The molecule has 3 heteroatoms. The van der Waals surface area contributed by atoms with Crippen LogP contribution in [-0.4, -0.2) is 11.3 Å². The van der Waals surface area contributed by atoms with E-state index in [4.69, 9.17) is 4.98 Å². The maximum Gasteiger partial charge on any atom is 0.152 e. The number of rotatable bonds is 5. The van der Waals surface area contributed by atoms with Gasteiger partial charge in [0.2, 0.25) is 0 Å². The predicted molar refractivity (Wildman–Crippen MR) is 111 cm³/mol. The largest absolute Gasteiger partial charge is 0.380 e. The number of anilines is 1. The summed E-state index contributed by atoms with van der Waals surface area (Å²) in [5.74, 6) is 0. The van der Waals surface area contributed by atoms with Crippen LogP contribution in [0.1, 0.15) is 21.5 Å². The van der Waals surface area contributed by atoms with Crippen LogP contribution in [0.3, 0.4) is 0 Å². The number of pyridine rings is 1. The molecule has 1 heterocycles. The van der Waals surface area contributed by atoms with Crippen LogP contribution in [0, 0.1) is 6.92 Å². The van der Waals surface area contributed by atoms with Crippen LogP contribution < -0.4 is 5.32 Å². The minimum Gasteiger partial charge on any atom is -0.380 e. The first-order chi connectivity index (χ1) is 13.3. The van der Waals surface area contributed by atoms with Crippen LogP contribution in [0.5, 0.6) is 0 Å². The molecule has 0 aliphatic rings. The van der Waals surface area contributed by atoms with Crippen LogP contribution in [0.2, 0.25) is 0 Å². The van der Waals surface area contributed by atoms with Gasteiger partial charge < -0.3 is 5.32 Å². The number of para-hydroxylation sites is 1. The Morgan fingerprint density at radius 2 is 1.70 bits per heavy atom. The quantitative estimate of drug-likeness (QED) is 0.473. The number of hydrogen-bond donors (Lipinski definition) is 1. The van der Waals surface area contributed by atoms with Gasteiger partial charge in [-0.3, -0.25) is 9.78 Å². The second kappa shape index (κ2) is 7.42. The molecule has 4 aromatic rings. The number of nitrogens with zero attached hydrogens (tertiary/aromatic N) is 1. The summed E-state index contributed by atoms with van der Waals surface area (Å²) in [6.45, 7) is 2.71. The molecule has 0 saturated heterocycles. The Hall–Kier alpha value is -3.46. The summed E-state index contributed by atoms with van der Waals surface area (Å²) in [5, 5.41) is 4.50. The average molecular weight is 352 g/mol. The Kier molecular flexibility index (Phi) is 4.67. The number of aldehydes is 1. The van der Waals surface area contributed by atoms with Crippen molar-refractivity contribution in [3.05, 3.63) is 95.7 Å². The number of carbonyl (C=O) groups is 1. The van der Waals surface area contributed by atoms with Crippen molar-refractivity contribution in [3.8, 4) is 11.1 Å². The maximum atomic E-state index is 11.2. The van der Waals surface area contributed by atoms with Crippen LogP contribution >= 0.6 is 0 Å². The Labute approximate surface area is 158 Å². The molecular formula is C24H20N2O. The first-order valence-electron chi connectivity index (χ1n) is 8.98. The fraction of sp³-hybridized carbons (Fsp3) is 0.0833. The fourth-order valence-corrected chi connectivity index (χ4v) is 3.32. The summed E-state index contributed by atoms with van der Waals surface area (Å²) in [6, 6.07) is 24.2. The third kappa shape index (κ3) is 3.44. The van der Waals surface area contributed by atoms with E-state index in [2.05, 4.69) is 42.6 Å². The first-order valence-corrected chi connectivity index (χ1v) is 8.98. The molecule has 0 bridgehead atoms. The van der Waals surface area contributed by atoms with Crippen molar-refractivity contribution in [1.82, 2.24) is 4.98 Å². The van der Waals surface area contributed by atoms with Gasteiger partial charge >= 0.3 is 0 Å². The molecule has 0 spiro atoms. The van der Waals surface area contributed by atoms with Crippen LogP contribution in [-0.2, 0) is 6.54 Å². The molecule has 0 radical (unpaired) electrons. The number of carbonyl (C=O) groups excluding carboxylic acids is 1. The van der Waals surface area contributed by atoms with Crippen LogP contribution in [0.4, 0.5) is 5.69 Å². The molecule has 3 aromatic carbocycles. The Bertz CT molecular complexity index is 1100. The van der Waals surface area contributed by atoms with E-state index in [-0.39, 0.29) is 0 Å². The lowest BCUT2D eigenvalue weighted by atomic mass is 10.0. The summed E-state index contributed by atoms with van der Waals surface area (Å²) in [5.41, 5.74) is 7.08. The van der Waals surface area contributed by atoms with E-state index in [1.165, 1.54) is 5.56 Å². The van der Waals surface area contributed by atoms with Crippen molar-refractivity contribution in [3.63, 3.8) is 0 Å². The van der Waals surface area contributed by atoms with E-state index in [9.17, 15) is 4.79 Å². The molecule has 0 unspecified atom stereocenters. The molecule has 27 heavy (non-hydrogen) atoms. The molecule has 4 rings (SSSR count). The van der Waals surface area contributed by atoms with Crippen molar-refractivity contribution >= 4 is 22.9 Å².